The number of aromatic nitrogens is 4. The molecule has 188 valence electrons. The van der Waals surface area contributed by atoms with Crippen molar-refractivity contribution >= 4 is 51.6 Å². The van der Waals surface area contributed by atoms with Crippen LogP contribution in [0.2, 0.25) is 0 Å². The summed E-state index contributed by atoms with van der Waals surface area (Å²) in [4.78, 5) is 36.2. The highest BCUT2D eigenvalue weighted by Crippen LogP contribution is 2.11. The zero-order valence-electron chi connectivity index (χ0n) is 20.9. The fraction of sp³-hybridized carbons (Fsp3) is 0.571. The summed E-state index contributed by atoms with van der Waals surface area (Å²) < 4.78 is 0. The molecular formula is C21H39Br2N9O. The lowest BCUT2D eigenvalue weighted by Crippen LogP contribution is -2.43. The topological polar surface area (TPSA) is 93.6 Å². The minimum Gasteiger partial charge on any atom is -0.368 e. The van der Waals surface area contributed by atoms with Gasteiger partial charge in [-0.1, -0.05) is 0 Å². The van der Waals surface area contributed by atoms with Gasteiger partial charge in [-0.05, 0) is 42.0 Å². The summed E-state index contributed by atoms with van der Waals surface area (Å²) in [6.45, 7) is 7.04. The predicted molar refractivity (Wildman–Crippen MR) is 146 cm³/mol. The van der Waals surface area contributed by atoms with Gasteiger partial charge in [0.2, 0.25) is 0 Å². The predicted octanol–water partition coefficient (Wildman–Crippen LogP) is 2.75. The molecule has 0 fully saturated rings. The highest BCUT2D eigenvalue weighted by atomic mass is 79.9. The van der Waals surface area contributed by atoms with Gasteiger partial charge in [0.15, 0.2) is 5.82 Å². The Balaban J connectivity index is 0. The van der Waals surface area contributed by atoms with Gasteiger partial charge < -0.3 is 20.0 Å². The van der Waals surface area contributed by atoms with Crippen LogP contribution in [0.15, 0.2) is 24.8 Å². The fourth-order valence-corrected chi connectivity index (χ4v) is 2.39. The molecule has 33 heavy (non-hydrogen) atoms. The van der Waals surface area contributed by atoms with Crippen LogP contribution in [0.1, 0.15) is 11.4 Å². The summed E-state index contributed by atoms with van der Waals surface area (Å²) >= 11 is 0. The van der Waals surface area contributed by atoms with Gasteiger partial charge in [0.1, 0.15) is 5.82 Å². The molecule has 0 aliphatic heterocycles. The third-order valence-corrected chi connectivity index (χ3v) is 4.02. The molecule has 0 unspecified atom stereocenters. The van der Waals surface area contributed by atoms with E-state index in [-0.39, 0.29) is 40.0 Å². The van der Waals surface area contributed by atoms with E-state index in [0.29, 0.717) is 12.4 Å². The zero-order valence-corrected chi connectivity index (χ0v) is 24.4. The van der Waals surface area contributed by atoms with Crippen molar-refractivity contribution in [2.45, 2.75) is 13.8 Å². The molecule has 0 atom stereocenters. The van der Waals surface area contributed by atoms with E-state index >= 15 is 0 Å². The van der Waals surface area contributed by atoms with Gasteiger partial charge in [-0.25, -0.2) is 14.8 Å². The normalized spacial score (nSPS) is 9.88. The Kier molecular flexibility index (Phi) is 17.7. The van der Waals surface area contributed by atoms with E-state index < -0.39 is 0 Å². The molecule has 0 saturated carbocycles. The van der Waals surface area contributed by atoms with Crippen molar-refractivity contribution in [3.05, 3.63) is 36.2 Å². The first-order valence-electron chi connectivity index (χ1n) is 10.2. The maximum Gasteiger partial charge on any atom is 0.325 e. The van der Waals surface area contributed by atoms with Crippen LogP contribution in [0.5, 0.6) is 0 Å². The number of carbonyl (C=O) groups is 1. The second-order valence-electron chi connectivity index (χ2n) is 7.93. The van der Waals surface area contributed by atoms with E-state index in [2.05, 4.69) is 30.2 Å². The van der Waals surface area contributed by atoms with Crippen LogP contribution in [-0.2, 0) is 0 Å². The number of likely N-dealkylation sites (N-methyl/N-ethyl adjacent to an activating group) is 2. The molecule has 0 aliphatic rings. The molecule has 0 saturated heterocycles. The van der Waals surface area contributed by atoms with Crippen LogP contribution in [-0.4, -0.2) is 109 Å². The first-order valence-corrected chi connectivity index (χ1v) is 10.2. The zero-order chi connectivity index (χ0) is 23.4. The van der Waals surface area contributed by atoms with Crippen molar-refractivity contribution in [2.75, 3.05) is 78.7 Å². The number of aryl methyl sites for hydroxylation is 2. The second kappa shape index (κ2) is 17.6. The van der Waals surface area contributed by atoms with Crippen LogP contribution in [0, 0.1) is 13.8 Å². The fourth-order valence-electron chi connectivity index (χ4n) is 2.39. The van der Waals surface area contributed by atoms with Crippen molar-refractivity contribution in [3.8, 4) is 0 Å². The number of carbonyl (C=O) groups excluding carboxylic acids is 1. The third-order valence-electron chi connectivity index (χ3n) is 4.02. The Labute approximate surface area is 219 Å². The monoisotopic (exact) mass is 591 g/mol. The summed E-state index contributed by atoms with van der Waals surface area (Å²) in [5, 5.41) is 3.20. The molecule has 0 aromatic carbocycles. The molecule has 2 amide bonds. The number of urea groups is 1. The largest absolute Gasteiger partial charge is 0.368 e. The standard InChI is InChI=1S/C12H21N5O.C9H16N4.2BrH/c1-10-8-13-9-11(14-10)17(7-6-15(2)3)12(18)16(4)5;1-8-6-10-7-9(12-8)11-4-5-13(2)3;;/h8-9H,6-7H2,1-5H3;6-7H,4-5H2,1-3H3,(H,11,12);2*1H. The summed E-state index contributed by atoms with van der Waals surface area (Å²) in [6, 6.07) is -0.0863. The van der Waals surface area contributed by atoms with Gasteiger partial charge in [-0.2, -0.15) is 0 Å². The Morgan fingerprint density at radius 1 is 0.788 bits per heavy atom. The first kappa shape index (κ1) is 33.3. The van der Waals surface area contributed by atoms with Crippen molar-refractivity contribution in [3.63, 3.8) is 0 Å². The Hall–Kier alpha value is -1.89. The van der Waals surface area contributed by atoms with Gasteiger partial charge >= 0.3 is 6.03 Å². The second-order valence-corrected chi connectivity index (χ2v) is 7.93. The maximum atomic E-state index is 12.1. The van der Waals surface area contributed by atoms with Crippen molar-refractivity contribution in [1.29, 1.82) is 0 Å². The number of halogens is 2. The number of hydrogen-bond acceptors (Lipinski definition) is 8. The molecule has 0 bridgehead atoms. The molecule has 10 nitrogen and oxygen atoms in total. The number of nitrogens with one attached hydrogen (secondary N) is 1. The molecular weight excluding hydrogens is 554 g/mol. The molecule has 2 rings (SSSR count). The summed E-state index contributed by atoms with van der Waals surface area (Å²) in [6.07, 6.45) is 6.78. The van der Waals surface area contributed by atoms with E-state index in [4.69, 9.17) is 0 Å². The van der Waals surface area contributed by atoms with Gasteiger partial charge in [0.25, 0.3) is 0 Å². The molecule has 12 heteroatoms. The third kappa shape index (κ3) is 14.1. The average Bonchev–Trinajstić information content (AvgIpc) is 2.68. The van der Waals surface area contributed by atoms with Gasteiger partial charge in [0.05, 0.1) is 23.8 Å². The molecule has 0 spiro atoms. The number of rotatable bonds is 8. The van der Waals surface area contributed by atoms with E-state index in [1.165, 1.54) is 0 Å². The van der Waals surface area contributed by atoms with Crippen LogP contribution in [0.25, 0.3) is 0 Å². The SMILES string of the molecule is Br.Br.Cc1cncc(N(CCN(C)C)C(=O)N(C)C)n1.Cc1cncc(NCCN(C)C)n1. The first-order chi connectivity index (χ1) is 14.6. The minimum absolute atomic E-state index is 0. The molecule has 2 heterocycles. The summed E-state index contributed by atoms with van der Waals surface area (Å²) in [5.74, 6) is 1.44. The van der Waals surface area contributed by atoms with Crippen molar-refractivity contribution in [2.24, 2.45) is 0 Å². The summed E-state index contributed by atoms with van der Waals surface area (Å²) in [7, 11) is 11.5. The smallest absolute Gasteiger partial charge is 0.325 e. The number of hydrogen-bond donors (Lipinski definition) is 1. The van der Waals surface area contributed by atoms with E-state index in [9.17, 15) is 4.79 Å². The number of amides is 2. The molecule has 2 aromatic heterocycles. The molecule has 0 radical (unpaired) electrons. The van der Waals surface area contributed by atoms with Crippen LogP contribution >= 0.6 is 34.0 Å². The van der Waals surface area contributed by atoms with Gasteiger partial charge in [0, 0.05) is 52.7 Å². The van der Waals surface area contributed by atoms with E-state index in [1.54, 1.807) is 48.7 Å². The molecule has 2 aromatic rings. The van der Waals surface area contributed by atoms with Crippen LogP contribution in [0.3, 0.4) is 0 Å². The molecule has 1 N–H and O–H groups in total. The lowest BCUT2D eigenvalue weighted by molar-refractivity contribution is 0.222. The summed E-state index contributed by atoms with van der Waals surface area (Å²) in [5.41, 5.74) is 1.74. The van der Waals surface area contributed by atoms with Crippen LogP contribution < -0.4 is 10.2 Å². The van der Waals surface area contributed by atoms with E-state index in [1.807, 2.05) is 46.9 Å². The number of anilines is 2. The van der Waals surface area contributed by atoms with Crippen molar-refractivity contribution < 1.29 is 4.79 Å². The average molecular weight is 593 g/mol. The van der Waals surface area contributed by atoms with E-state index in [0.717, 1.165) is 36.8 Å². The van der Waals surface area contributed by atoms with Gasteiger partial charge in [-0.15, -0.1) is 34.0 Å². The number of nitrogens with zero attached hydrogens (tertiary/aromatic N) is 8. The van der Waals surface area contributed by atoms with Crippen molar-refractivity contribution in [1.82, 2.24) is 34.6 Å². The van der Waals surface area contributed by atoms with Gasteiger partial charge in [-0.3, -0.25) is 14.9 Å². The van der Waals surface area contributed by atoms with Crippen LogP contribution in [0.4, 0.5) is 16.4 Å². The Morgan fingerprint density at radius 3 is 1.82 bits per heavy atom. The maximum absolute atomic E-state index is 12.1. The lowest BCUT2D eigenvalue weighted by atomic mass is 10.4. The lowest BCUT2D eigenvalue weighted by Gasteiger charge is -2.26. The highest BCUT2D eigenvalue weighted by Gasteiger charge is 2.19. The highest BCUT2D eigenvalue weighted by molar-refractivity contribution is 8.93. The molecule has 0 aliphatic carbocycles. The Bertz CT molecular complexity index is 807. The Morgan fingerprint density at radius 2 is 1.33 bits per heavy atom. The quantitative estimate of drug-likeness (QED) is 0.500. The minimum atomic E-state index is -0.0863.